The van der Waals surface area contributed by atoms with Crippen LogP contribution < -0.4 is 21.5 Å². The maximum absolute atomic E-state index is 11.4. The number of aliphatic carboxylic acids is 1. The van der Waals surface area contributed by atoms with Crippen LogP contribution >= 0.6 is 0 Å². The van der Waals surface area contributed by atoms with Crippen molar-refractivity contribution >= 4 is 23.4 Å². The summed E-state index contributed by atoms with van der Waals surface area (Å²) in [4.78, 5) is 29.5. The van der Waals surface area contributed by atoms with E-state index in [-0.39, 0.29) is 30.7 Å². The Hall–Kier alpha value is -2.25. The molecule has 0 spiro atoms. The van der Waals surface area contributed by atoms with Gasteiger partial charge >= 0.3 is 5.97 Å². The average molecular weight is 211 g/mol. The van der Waals surface area contributed by atoms with Gasteiger partial charge in [-0.3, -0.25) is 14.6 Å². The van der Waals surface area contributed by atoms with Crippen molar-refractivity contribution in [3.63, 3.8) is 0 Å². The molecule has 0 bridgehead atoms. The van der Waals surface area contributed by atoms with Crippen LogP contribution in [0.25, 0.3) is 0 Å². The van der Waals surface area contributed by atoms with Crippen LogP contribution in [0.5, 0.6) is 0 Å². The summed E-state index contributed by atoms with van der Waals surface area (Å²) < 4.78 is 0. The van der Waals surface area contributed by atoms with E-state index in [4.69, 9.17) is 10.8 Å². The third-order valence-electron chi connectivity index (χ3n) is 1.99. The maximum atomic E-state index is 11.4. The van der Waals surface area contributed by atoms with Crippen LogP contribution in [0, 0.1) is 0 Å². The number of aromatic amines is 1. The van der Waals surface area contributed by atoms with Crippen LogP contribution in [-0.4, -0.2) is 34.3 Å². The molecule has 0 radical (unpaired) electrons. The Labute approximate surface area is 83.7 Å². The first kappa shape index (κ1) is 9.31. The summed E-state index contributed by atoms with van der Waals surface area (Å²) in [5, 5.41) is 11.4. The smallest absolute Gasteiger partial charge is 0.323 e. The first-order valence-electron chi connectivity index (χ1n) is 4.18. The molecule has 0 amide bonds. The van der Waals surface area contributed by atoms with Crippen LogP contribution in [-0.2, 0) is 4.79 Å². The summed E-state index contributed by atoms with van der Waals surface area (Å²) >= 11 is 0. The molecule has 1 aromatic heterocycles. The van der Waals surface area contributed by atoms with Gasteiger partial charge in [-0.25, -0.2) is 0 Å². The highest BCUT2D eigenvalue weighted by Gasteiger charge is 2.24. The molecule has 8 nitrogen and oxygen atoms in total. The molecule has 0 fully saturated rings. The quantitative estimate of drug-likeness (QED) is 0.475. The lowest BCUT2D eigenvalue weighted by Gasteiger charge is -2.13. The van der Waals surface area contributed by atoms with E-state index in [1.54, 1.807) is 0 Å². The molecule has 0 aromatic carbocycles. The third-order valence-corrected chi connectivity index (χ3v) is 1.99. The van der Waals surface area contributed by atoms with Gasteiger partial charge in [0.25, 0.3) is 5.56 Å². The van der Waals surface area contributed by atoms with E-state index in [1.165, 1.54) is 4.90 Å². The predicted octanol–water partition coefficient (Wildman–Crippen LogP) is -1.37. The van der Waals surface area contributed by atoms with Gasteiger partial charge in [0.15, 0.2) is 5.82 Å². The van der Waals surface area contributed by atoms with Gasteiger partial charge in [0.2, 0.25) is 5.95 Å². The summed E-state index contributed by atoms with van der Waals surface area (Å²) in [5.41, 5.74) is 5.21. The van der Waals surface area contributed by atoms with Crippen molar-refractivity contribution in [2.24, 2.45) is 0 Å². The number of carboxylic acids is 1. The average Bonchev–Trinajstić information content (AvgIpc) is 2.48. The second-order valence-corrected chi connectivity index (χ2v) is 3.08. The second kappa shape index (κ2) is 3.15. The first-order chi connectivity index (χ1) is 7.08. The molecule has 15 heavy (non-hydrogen) atoms. The van der Waals surface area contributed by atoms with Crippen LogP contribution in [0.3, 0.4) is 0 Å². The lowest BCUT2D eigenvalue weighted by Crippen LogP contribution is -2.29. The monoisotopic (exact) mass is 211 g/mol. The molecular formula is C7H9N5O3. The minimum Gasteiger partial charge on any atom is -0.480 e. The number of fused-ring (bicyclic) bond motifs is 1. The summed E-state index contributed by atoms with van der Waals surface area (Å²) in [6, 6.07) is 0. The maximum Gasteiger partial charge on any atom is 0.323 e. The van der Waals surface area contributed by atoms with Gasteiger partial charge in [-0.15, -0.1) is 0 Å². The minimum atomic E-state index is -0.995. The number of carbonyl (C=O) groups is 1. The Kier molecular flexibility index (Phi) is 1.96. The highest BCUT2D eigenvalue weighted by atomic mass is 16.4. The summed E-state index contributed by atoms with van der Waals surface area (Å²) in [6.45, 7) is 0.0110. The number of nitrogens with zero attached hydrogens (tertiary/aromatic N) is 2. The Morgan fingerprint density at radius 3 is 3.07 bits per heavy atom. The molecule has 1 aliphatic rings. The number of hydrogen-bond acceptors (Lipinski definition) is 6. The van der Waals surface area contributed by atoms with E-state index >= 15 is 0 Å². The van der Waals surface area contributed by atoms with Crippen molar-refractivity contribution in [1.29, 1.82) is 0 Å². The summed E-state index contributed by atoms with van der Waals surface area (Å²) in [7, 11) is 0. The zero-order valence-electron chi connectivity index (χ0n) is 7.65. The molecule has 0 saturated carbocycles. The topological polar surface area (TPSA) is 124 Å². The third kappa shape index (κ3) is 1.56. The molecule has 8 heteroatoms. The highest BCUT2D eigenvalue weighted by molar-refractivity contribution is 5.79. The molecule has 0 atom stereocenters. The molecule has 80 valence electrons. The first-order valence-corrected chi connectivity index (χ1v) is 4.18. The molecule has 2 rings (SSSR count). The van der Waals surface area contributed by atoms with Crippen LogP contribution in [0.4, 0.5) is 17.5 Å². The molecule has 5 N–H and O–H groups in total. The van der Waals surface area contributed by atoms with Gasteiger partial charge in [0, 0.05) is 0 Å². The largest absolute Gasteiger partial charge is 0.480 e. The van der Waals surface area contributed by atoms with E-state index in [0.29, 0.717) is 0 Å². The van der Waals surface area contributed by atoms with Crippen LogP contribution in [0.15, 0.2) is 4.79 Å². The number of carboxylic acid groups (broad SMARTS) is 1. The zero-order chi connectivity index (χ0) is 11.0. The van der Waals surface area contributed by atoms with E-state index in [9.17, 15) is 9.59 Å². The van der Waals surface area contributed by atoms with Crippen LogP contribution in [0.1, 0.15) is 0 Å². The van der Waals surface area contributed by atoms with Gasteiger partial charge < -0.3 is 21.1 Å². The molecule has 2 heterocycles. The zero-order valence-corrected chi connectivity index (χ0v) is 7.65. The number of anilines is 3. The molecule has 0 unspecified atom stereocenters. The van der Waals surface area contributed by atoms with Crippen LogP contribution in [0.2, 0.25) is 0 Å². The standard InChI is InChI=1S/C7H9N5O3/c8-7-10-5-4(6(15)11-7)9-2-12(5)1-3(13)14/h9H,1-2H2,(H,13,14)(H3,8,10,11,15). The van der Waals surface area contributed by atoms with Gasteiger partial charge in [0.1, 0.15) is 12.2 Å². The number of nitrogens with one attached hydrogen (secondary N) is 2. The Morgan fingerprint density at radius 1 is 1.67 bits per heavy atom. The van der Waals surface area contributed by atoms with Crippen molar-refractivity contribution in [2.45, 2.75) is 0 Å². The lowest BCUT2D eigenvalue weighted by atomic mass is 10.4. The molecular weight excluding hydrogens is 202 g/mol. The van der Waals surface area contributed by atoms with E-state index < -0.39 is 11.5 Å². The number of hydrogen-bond donors (Lipinski definition) is 4. The number of rotatable bonds is 2. The van der Waals surface area contributed by atoms with Gasteiger partial charge in [-0.05, 0) is 0 Å². The minimum absolute atomic E-state index is 0.0298. The Bertz CT molecular complexity index is 468. The summed E-state index contributed by atoms with van der Waals surface area (Å²) in [6.07, 6.45) is 0. The molecule has 1 aromatic rings. The van der Waals surface area contributed by atoms with E-state index in [1.807, 2.05) is 0 Å². The Balaban J connectivity index is 2.41. The van der Waals surface area contributed by atoms with Crippen molar-refractivity contribution in [3.8, 4) is 0 Å². The predicted molar refractivity (Wildman–Crippen MR) is 52.7 cm³/mol. The van der Waals surface area contributed by atoms with Crippen molar-refractivity contribution in [2.75, 3.05) is 29.2 Å². The van der Waals surface area contributed by atoms with Crippen molar-refractivity contribution in [1.82, 2.24) is 9.97 Å². The van der Waals surface area contributed by atoms with Gasteiger partial charge in [-0.1, -0.05) is 0 Å². The fourth-order valence-electron chi connectivity index (χ4n) is 1.41. The normalized spacial score (nSPS) is 13.5. The molecule has 1 aliphatic heterocycles. The molecule has 0 aliphatic carbocycles. The van der Waals surface area contributed by atoms with E-state index in [2.05, 4.69) is 15.3 Å². The number of H-pyrrole nitrogens is 1. The van der Waals surface area contributed by atoms with E-state index in [0.717, 1.165) is 0 Å². The Morgan fingerprint density at radius 2 is 2.40 bits per heavy atom. The van der Waals surface area contributed by atoms with Gasteiger partial charge in [-0.2, -0.15) is 4.98 Å². The molecule has 0 saturated heterocycles. The fourth-order valence-corrected chi connectivity index (χ4v) is 1.41. The number of aromatic nitrogens is 2. The highest BCUT2D eigenvalue weighted by Crippen LogP contribution is 2.24. The summed E-state index contributed by atoms with van der Waals surface area (Å²) in [5.74, 6) is -0.748. The SMILES string of the molecule is Nc1nc2c(c(=O)[nH]1)NCN2CC(=O)O. The fraction of sp³-hybridized carbons (Fsp3) is 0.286. The van der Waals surface area contributed by atoms with Crippen molar-refractivity contribution in [3.05, 3.63) is 10.4 Å². The number of nitrogen functional groups attached to an aromatic ring is 1. The van der Waals surface area contributed by atoms with Gasteiger partial charge in [0.05, 0.1) is 6.67 Å². The second-order valence-electron chi connectivity index (χ2n) is 3.08. The lowest BCUT2D eigenvalue weighted by molar-refractivity contribution is -0.135. The number of nitrogens with two attached hydrogens (primary N) is 1. The van der Waals surface area contributed by atoms with Crippen molar-refractivity contribution < 1.29 is 9.90 Å².